The fraction of sp³-hybridized carbons (Fsp3) is 0.409. The van der Waals surface area contributed by atoms with Crippen molar-refractivity contribution < 1.29 is 14.3 Å². The minimum absolute atomic E-state index is 0.0555. The number of methoxy groups -OCH3 is 2. The van der Waals surface area contributed by atoms with Crippen LogP contribution in [0.5, 0.6) is 11.5 Å². The van der Waals surface area contributed by atoms with Crippen LogP contribution in [0.3, 0.4) is 0 Å². The quantitative estimate of drug-likeness (QED) is 0.703. The van der Waals surface area contributed by atoms with E-state index < -0.39 is 0 Å². The molecule has 1 fully saturated rings. The van der Waals surface area contributed by atoms with Gasteiger partial charge in [0, 0.05) is 29.6 Å². The smallest absolute Gasteiger partial charge is 0.223 e. The molecule has 0 radical (unpaired) electrons. The normalized spacial score (nSPS) is 16.4. The van der Waals surface area contributed by atoms with Crippen LogP contribution in [0, 0.1) is 6.92 Å². The van der Waals surface area contributed by atoms with Crippen LogP contribution in [0.2, 0.25) is 5.02 Å². The molecule has 144 valence electrons. The van der Waals surface area contributed by atoms with Gasteiger partial charge in [-0.1, -0.05) is 23.7 Å². The Morgan fingerprint density at radius 3 is 2.70 bits per heavy atom. The molecule has 1 heterocycles. The van der Waals surface area contributed by atoms with Crippen LogP contribution in [0.15, 0.2) is 36.4 Å². The first kappa shape index (κ1) is 19.6. The average molecular weight is 388 g/mol. The molecule has 1 aliphatic rings. The summed E-state index contributed by atoms with van der Waals surface area (Å²) in [4.78, 5) is 14.9. The molecule has 2 aromatic carbocycles. The van der Waals surface area contributed by atoms with Crippen molar-refractivity contribution in [2.75, 3.05) is 20.8 Å². The first-order valence-electron chi connectivity index (χ1n) is 9.30. The molecule has 0 bridgehead atoms. The van der Waals surface area contributed by atoms with E-state index in [0.717, 1.165) is 52.6 Å². The summed E-state index contributed by atoms with van der Waals surface area (Å²) in [5, 5.41) is 0.752. The zero-order valence-corrected chi connectivity index (χ0v) is 16.9. The lowest BCUT2D eigenvalue weighted by molar-refractivity contribution is -0.132. The van der Waals surface area contributed by atoms with Gasteiger partial charge in [0.2, 0.25) is 5.91 Å². The predicted octanol–water partition coefficient (Wildman–Crippen LogP) is 4.96. The summed E-state index contributed by atoms with van der Waals surface area (Å²) < 4.78 is 10.8. The van der Waals surface area contributed by atoms with Crippen LogP contribution in [-0.2, 0) is 11.2 Å². The Hall–Kier alpha value is -2.20. The van der Waals surface area contributed by atoms with Crippen LogP contribution in [0.1, 0.15) is 42.0 Å². The summed E-state index contributed by atoms with van der Waals surface area (Å²) in [6.45, 7) is 2.77. The van der Waals surface area contributed by atoms with Crippen LogP contribution in [0.25, 0.3) is 0 Å². The molecule has 0 saturated carbocycles. The summed E-state index contributed by atoms with van der Waals surface area (Å²) in [5.74, 6) is 1.69. The van der Waals surface area contributed by atoms with Gasteiger partial charge < -0.3 is 14.4 Å². The highest BCUT2D eigenvalue weighted by molar-refractivity contribution is 6.31. The van der Waals surface area contributed by atoms with Gasteiger partial charge >= 0.3 is 0 Å². The van der Waals surface area contributed by atoms with E-state index in [1.807, 2.05) is 48.2 Å². The largest absolute Gasteiger partial charge is 0.497 e. The molecule has 1 amide bonds. The molecular formula is C22H26ClNO3. The van der Waals surface area contributed by atoms with E-state index in [1.165, 1.54) is 0 Å². The maximum atomic E-state index is 12.9. The summed E-state index contributed by atoms with van der Waals surface area (Å²) in [6.07, 6.45) is 3.13. The molecular weight excluding hydrogens is 362 g/mol. The van der Waals surface area contributed by atoms with Gasteiger partial charge in [0.15, 0.2) is 0 Å². The number of carbonyl (C=O) groups excluding carboxylic acids is 1. The number of hydrogen-bond acceptors (Lipinski definition) is 3. The lowest BCUT2D eigenvalue weighted by atomic mass is 10.0. The summed E-state index contributed by atoms with van der Waals surface area (Å²) in [7, 11) is 3.29. The lowest BCUT2D eigenvalue weighted by Crippen LogP contribution is -2.30. The third-order valence-electron chi connectivity index (χ3n) is 5.24. The van der Waals surface area contributed by atoms with Crippen LogP contribution < -0.4 is 9.47 Å². The zero-order valence-electron chi connectivity index (χ0n) is 16.1. The average Bonchev–Trinajstić information content (AvgIpc) is 3.17. The number of ether oxygens (including phenoxy) is 2. The standard InChI is InChI=1S/C22H26ClNO3/c1-15-6-7-16(13-19(15)23)8-11-22(25)24-12-4-5-20(24)18-10-9-17(26-2)14-21(18)27-3/h6-7,9-10,13-14,20H,4-5,8,11-12H2,1-3H3. The number of aryl methyl sites for hydroxylation is 2. The SMILES string of the molecule is COc1ccc(C2CCCN2C(=O)CCc2ccc(C)c(Cl)c2)c(OC)c1. The number of hydrogen-bond donors (Lipinski definition) is 0. The van der Waals surface area contributed by atoms with E-state index in [9.17, 15) is 4.79 Å². The van der Waals surface area contributed by atoms with Crippen LogP contribution >= 0.6 is 11.6 Å². The van der Waals surface area contributed by atoms with Gasteiger partial charge in [-0.05, 0) is 55.5 Å². The topological polar surface area (TPSA) is 38.8 Å². The molecule has 1 atom stereocenters. The van der Waals surface area contributed by atoms with Crippen molar-refractivity contribution >= 4 is 17.5 Å². The fourth-order valence-corrected chi connectivity index (χ4v) is 3.87. The maximum absolute atomic E-state index is 12.9. The lowest BCUT2D eigenvalue weighted by Gasteiger charge is -2.26. The number of likely N-dealkylation sites (tertiary alicyclic amines) is 1. The second kappa shape index (κ2) is 8.66. The van der Waals surface area contributed by atoms with Crippen molar-refractivity contribution in [2.45, 2.75) is 38.6 Å². The van der Waals surface area contributed by atoms with Gasteiger partial charge in [-0.25, -0.2) is 0 Å². The number of carbonyl (C=O) groups is 1. The van der Waals surface area contributed by atoms with Gasteiger partial charge in [0.1, 0.15) is 11.5 Å². The summed E-state index contributed by atoms with van der Waals surface area (Å²) >= 11 is 6.20. The van der Waals surface area contributed by atoms with Crippen molar-refractivity contribution in [3.05, 3.63) is 58.1 Å². The molecule has 27 heavy (non-hydrogen) atoms. The van der Waals surface area contributed by atoms with Gasteiger partial charge in [0.25, 0.3) is 0 Å². The van der Waals surface area contributed by atoms with Gasteiger partial charge in [-0.2, -0.15) is 0 Å². The fourth-order valence-electron chi connectivity index (χ4n) is 3.67. The predicted molar refractivity (Wildman–Crippen MR) is 108 cm³/mol. The third kappa shape index (κ3) is 4.38. The third-order valence-corrected chi connectivity index (χ3v) is 5.64. The van der Waals surface area contributed by atoms with E-state index in [0.29, 0.717) is 12.8 Å². The van der Waals surface area contributed by atoms with E-state index in [1.54, 1.807) is 14.2 Å². The Bertz CT molecular complexity index is 821. The molecule has 0 spiro atoms. The highest BCUT2D eigenvalue weighted by Gasteiger charge is 2.31. The van der Waals surface area contributed by atoms with Crippen molar-refractivity contribution in [3.63, 3.8) is 0 Å². The van der Waals surface area contributed by atoms with Gasteiger partial charge in [0.05, 0.1) is 20.3 Å². The zero-order chi connectivity index (χ0) is 19.4. The number of amides is 1. The van der Waals surface area contributed by atoms with Crippen molar-refractivity contribution in [1.29, 1.82) is 0 Å². The Balaban J connectivity index is 1.72. The van der Waals surface area contributed by atoms with E-state index in [4.69, 9.17) is 21.1 Å². The Morgan fingerprint density at radius 2 is 2.00 bits per heavy atom. The molecule has 1 saturated heterocycles. The summed E-state index contributed by atoms with van der Waals surface area (Å²) in [5.41, 5.74) is 3.19. The molecule has 1 aliphatic heterocycles. The Labute approximate surface area is 166 Å². The van der Waals surface area contributed by atoms with Crippen molar-refractivity contribution in [2.24, 2.45) is 0 Å². The van der Waals surface area contributed by atoms with Crippen molar-refractivity contribution in [1.82, 2.24) is 4.90 Å². The molecule has 1 unspecified atom stereocenters. The first-order valence-corrected chi connectivity index (χ1v) is 9.67. The minimum Gasteiger partial charge on any atom is -0.497 e. The molecule has 0 aromatic heterocycles. The van der Waals surface area contributed by atoms with Gasteiger partial charge in [-0.3, -0.25) is 4.79 Å². The maximum Gasteiger partial charge on any atom is 0.223 e. The Morgan fingerprint density at radius 1 is 1.19 bits per heavy atom. The second-order valence-electron chi connectivity index (χ2n) is 6.94. The Kier molecular flexibility index (Phi) is 6.27. The van der Waals surface area contributed by atoms with Crippen LogP contribution in [-0.4, -0.2) is 31.6 Å². The molecule has 4 nitrogen and oxygen atoms in total. The number of nitrogens with zero attached hydrogens (tertiary/aromatic N) is 1. The minimum atomic E-state index is 0.0555. The molecule has 5 heteroatoms. The molecule has 0 aliphatic carbocycles. The molecule has 0 N–H and O–H groups in total. The first-order chi connectivity index (χ1) is 13.0. The highest BCUT2D eigenvalue weighted by Crippen LogP contribution is 2.39. The van der Waals surface area contributed by atoms with E-state index >= 15 is 0 Å². The number of rotatable bonds is 6. The monoisotopic (exact) mass is 387 g/mol. The van der Waals surface area contributed by atoms with Crippen molar-refractivity contribution in [3.8, 4) is 11.5 Å². The van der Waals surface area contributed by atoms with E-state index in [-0.39, 0.29) is 11.9 Å². The molecule has 2 aromatic rings. The second-order valence-corrected chi connectivity index (χ2v) is 7.34. The number of benzene rings is 2. The molecule has 3 rings (SSSR count). The number of halogens is 1. The van der Waals surface area contributed by atoms with Crippen LogP contribution in [0.4, 0.5) is 0 Å². The van der Waals surface area contributed by atoms with E-state index in [2.05, 4.69) is 0 Å². The van der Waals surface area contributed by atoms with Gasteiger partial charge in [-0.15, -0.1) is 0 Å². The highest BCUT2D eigenvalue weighted by atomic mass is 35.5. The summed E-state index contributed by atoms with van der Waals surface area (Å²) in [6, 6.07) is 11.9.